The maximum Gasteiger partial charge on any atom is 0.270 e. The van der Waals surface area contributed by atoms with Gasteiger partial charge in [0.15, 0.2) is 5.96 Å². The van der Waals surface area contributed by atoms with Crippen LogP contribution in [0.2, 0.25) is 0 Å². The minimum atomic E-state index is -3.88. The number of rotatable bonds is 9. The Bertz CT molecular complexity index is 1030. The standard InChI is InChI=1S/C19H24FN5O4S.HI/c1-3-21-19(23-13-15-7-8-18(20)14(2)11-15)22-9-10-24-30(28,29)17-6-4-5-16(12-17)25(26)27;/h4-8,11-12,24H,3,9-10,13H2,1-2H3,(H2,21,22,23);1H. The normalized spacial score (nSPS) is 11.5. The number of aryl methyl sites for hydroxylation is 1. The number of hydrogen-bond acceptors (Lipinski definition) is 5. The highest BCUT2D eigenvalue weighted by Crippen LogP contribution is 2.16. The summed E-state index contributed by atoms with van der Waals surface area (Å²) in [7, 11) is -3.88. The topological polar surface area (TPSA) is 126 Å². The van der Waals surface area contributed by atoms with Gasteiger partial charge in [0.1, 0.15) is 5.82 Å². The van der Waals surface area contributed by atoms with Crippen LogP contribution in [0.3, 0.4) is 0 Å². The van der Waals surface area contributed by atoms with Gasteiger partial charge in [-0.3, -0.25) is 10.1 Å². The molecule has 0 saturated carbocycles. The van der Waals surface area contributed by atoms with Gasteiger partial charge in [-0.25, -0.2) is 22.5 Å². The van der Waals surface area contributed by atoms with Crippen LogP contribution in [-0.4, -0.2) is 38.9 Å². The lowest BCUT2D eigenvalue weighted by Crippen LogP contribution is -2.41. The molecule has 2 aromatic rings. The number of halogens is 2. The number of benzene rings is 2. The van der Waals surface area contributed by atoms with Crippen molar-refractivity contribution in [3.63, 3.8) is 0 Å². The Labute approximate surface area is 197 Å². The van der Waals surface area contributed by atoms with Gasteiger partial charge in [0.05, 0.1) is 16.4 Å². The third kappa shape index (κ3) is 8.38. The zero-order valence-electron chi connectivity index (χ0n) is 17.1. The second-order valence-corrected chi connectivity index (χ2v) is 8.12. The number of nitrogens with one attached hydrogen (secondary N) is 3. The van der Waals surface area contributed by atoms with E-state index in [1.165, 1.54) is 24.3 Å². The van der Waals surface area contributed by atoms with E-state index in [2.05, 4.69) is 20.3 Å². The zero-order valence-corrected chi connectivity index (χ0v) is 20.2. The third-order valence-electron chi connectivity index (χ3n) is 4.03. The number of nitrogens with zero attached hydrogens (tertiary/aromatic N) is 2. The number of nitro benzene ring substituents is 1. The molecule has 0 atom stereocenters. The minimum absolute atomic E-state index is 0. The lowest BCUT2D eigenvalue weighted by Gasteiger charge is -2.12. The fraction of sp³-hybridized carbons (Fsp3) is 0.316. The summed E-state index contributed by atoms with van der Waals surface area (Å²) in [5, 5.41) is 16.9. The molecule has 31 heavy (non-hydrogen) atoms. The lowest BCUT2D eigenvalue weighted by molar-refractivity contribution is -0.385. The fourth-order valence-corrected chi connectivity index (χ4v) is 3.60. The first-order chi connectivity index (χ1) is 14.2. The van der Waals surface area contributed by atoms with Crippen molar-refractivity contribution in [1.29, 1.82) is 0 Å². The summed E-state index contributed by atoms with van der Waals surface area (Å²) < 4.78 is 40.4. The van der Waals surface area contributed by atoms with Crippen LogP contribution in [0.4, 0.5) is 10.1 Å². The SMILES string of the molecule is CCNC(=NCc1ccc(F)c(C)c1)NCCNS(=O)(=O)c1cccc([N+](=O)[O-])c1.I. The summed E-state index contributed by atoms with van der Waals surface area (Å²) in [6.07, 6.45) is 0. The van der Waals surface area contributed by atoms with Gasteiger partial charge in [0.2, 0.25) is 10.0 Å². The van der Waals surface area contributed by atoms with E-state index in [0.717, 1.165) is 11.6 Å². The molecule has 0 saturated heterocycles. The summed E-state index contributed by atoms with van der Waals surface area (Å²) >= 11 is 0. The van der Waals surface area contributed by atoms with Crippen molar-refractivity contribution in [3.05, 3.63) is 69.5 Å². The lowest BCUT2D eigenvalue weighted by atomic mass is 10.1. The summed E-state index contributed by atoms with van der Waals surface area (Å²) in [4.78, 5) is 14.4. The van der Waals surface area contributed by atoms with Crippen LogP contribution in [0.1, 0.15) is 18.1 Å². The summed E-state index contributed by atoms with van der Waals surface area (Å²) in [5.41, 5.74) is 1.09. The number of sulfonamides is 1. The first-order valence-electron chi connectivity index (χ1n) is 9.24. The number of non-ortho nitro benzene ring substituents is 1. The second-order valence-electron chi connectivity index (χ2n) is 6.36. The van der Waals surface area contributed by atoms with E-state index in [-0.39, 0.29) is 53.5 Å². The van der Waals surface area contributed by atoms with Crippen LogP contribution in [0.5, 0.6) is 0 Å². The second kappa shape index (κ2) is 12.5. The van der Waals surface area contributed by atoms with E-state index in [9.17, 15) is 22.9 Å². The van der Waals surface area contributed by atoms with E-state index >= 15 is 0 Å². The fourth-order valence-electron chi connectivity index (χ4n) is 2.53. The van der Waals surface area contributed by atoms with Crippen molar-refractivity contribution < 1.29 is 17.7 Å². The minimum Gasteiger partial charge on any atom is -0.357 e. The van der Waals surface area contributed by atoms with Gasteiger partial charge >= 0.3 is 0 Å². The van der Waals surface area contributed by atoms with Crippen LogP contribution in [-0.2, 0) is 16.6 Å². The quantitative estimate of drug-likeness (QED) is 0.107. The van der Waals surface area contributed by atoms with Crippen molar-refractivity contribution in [2.75, 3.05) is 19.6 Å². The van der Waals surface area contributed by atoms with Crippen molar-refractivity contribution in [3.8, 4) is 0 Å². The maximum absolute atomic E-state index is 13.4. The maximum atomic E-state index is 13.4. The van der Waals surface area contributed by atoms with Crippen molar-refractivity contribution in [2.45, 2.75) is 25.3 Å². The van der Waals surface area contributed by atoms with Crippen LogP contribution in [0.15, 0.2) is 52.4 Å². The molecular formula is C19H25FIN5O4S. The van der Waals surface area contributed by atoms with Gasteiger partial charge in [-0.05, 0) is 37.1 Å². The molecule has 0 spiro atoms. The molecule has 0 aromatic heterocycles. The Morgan fingerprint density at radius 2 is 1.90 bits per heavy atom. The highest BCUT2D eigenvalue weighted by atomic mass is 127. The highest BCUT2D eigenvalue weighted by Gasteiger charge is 2.17. The smallest absolute Gasteiger partial charge is 0.270 e. The molecule has 0 aliphatic heterocycles. The highest BCUT2D eigenvalue weighted by molar-refractivity contribution is 14.0. The molecule has 170 valence electrons. The molecule has 0 aliphatic carbocycles. The van der Waals surface area contributed by atoms with Crippen molar-refractivity contribution >= 4 is 45.6 Å². The first kappa shape index (κ1) is 26.7. The number of guanidine groups is 1. The molecule has 3 N–H and O–H groups in total. The molecule has 0 aliphatic rings. The van der Waals surface area contributed by atoms with Gasteiger partial charge in [0.25, 0.3) is 5.69 Å². The molecule has 0 bridgehead atoms. The molecule has 2 rings (SSSR count). The van der Waals surface area contributed by atoms with Crippen molar-refractivity contribution in [2.24, 2.45) is 4.99 Å². The predicted molar refractivity (Wildman–Crippen MR) is 128 cm³/mol. The molecule has 0 fully saturated rings. The summed E-state index contributed by atoms with van der Waals surface area (Å²) in [6.45, 7) is 4.79. The van der Waals surface area contributed by atoms with Gasteiger partial charge < -0.3 is 10.6 Å². The van der Waals surface area contributed by atoms with Crippen LogP contribution in [0.25, 0.3) is 0 Å². The number of aliphatic imine (C=N–C) groups is 1. The summed E-state index contributed by atoms with van der Waals surface area (Å²) in [6, 6.07) is 9.60. The van der Waals surface area contributed by atoms with E-state index < -0.39 is 14.9 Å². The van der Waals surface area contributed by atoms with Crippen molar-refractivity contribution in [1.82, 2.24) is 15.4 Å². The molecule has 2 aromatic carbocycles. The largest absolute Gasteiger partial charge is 0.357 e. The Morgan fingerprint density at radius 1 is 1.16 bits per heavy atom. The van der Waals surface area contributed by atoms with E-state index in [1.807, 2.05) is 6.92 Å². The molecule has 0 unspecified atom stereocenters. The molecule has 9 nitrogen and oxygen atoms in total. The average Bonchev–Trinajstić information content (AvgIpc) is 2.71. The van der Waals surface area contributed by atoms with E-state index in [1.54, 1.807) is 19.1 Å². The third-order valence-corrected chi connectivity index (χ3v) is 5.49. The molecule has 0 amide bonds. The zero-order chi connectivity index (χ0) is 22.1. The molecule has 0 heterocycles. The van der Waals surface area contributed by atoms with E-state index in [4.69, 9.17) is 0 Å². The van der Waals surface area contributed by atoms with Gasteiger partial charge in [0, 0.05) is 31.8 Å². The molecule has 0 radical (unpaired) electrons. The predicted octanol–water partition coefficient (Wildman–Crippen LogP) is 2.69. The first-order valence-corrected chi connectivity index (χ1v) is 10.7. The van der Waals surface area contributed by atoms with Crippen LogP contribution < -0.4 is 15.4 Å². The van der Waals surface area contributed by atoms with Gasteiger partial charge in [-0.15, -0.1) is 24.0 Å². The van der Waals surface area contributed by atoms with Crippen LogP contribution in [0, 0.1) is 22.9 Å². The van der Waals surface area contributed by atoms with Crippen LogP contribution >= 0.6 is 24.0 Å². The Hall–Kier alpha value is -2.32. The van der Waals surface area contributed by atoms with E-state index in [0.29, 0.717) is 24.6 Å². The Balaban J connectivity index is 0.00000480. The summed E-state index contributed by atoms with van der Waals surface area (Å²) in [5.74, 6) is 0.206. The monoisotopic (exact) mass is 565 g/mol. The Kier molecular flexibility index (Phi) is 10.8. The Morgan fingerprint density at radius 3 is 2.55 bits per heavy atom. The van der Waals surface area contributed by atoms with Gasteiger partial charge in [-0.2, -0.15) is 0 Å². The average molecular weight is 565 g/mol. The number of nitro groups is 1. The molecular weight excluding hydrogens is 540 g/mol. The van der Waals surface area contributed by atoms with Gasteiger partial charge in [-0.1, -0.05) is 18.2 Å². The number of hydrogen-bond donors (Lipinski definition) is 3. The molecule has 12 heteroatoms.